The van der Waals surface area contributed by atoms with Crippen LogP contribution < -0.4 is 16.4 Å². The molecule has 0 spiro atoms. The Morgan fingerprint density at radius 2 is 1.78 bits per heavy atom. The summed E-state index contributed by atoms with van der Waals surface area (Å²) in [6.45, 7) is 7.14. The third kappa shape index (κ3) is 7.68. The largest absolute Gasteiger partial charge is 0.445 e. The normalized spacial score (nSPS) is 11.9. The van der Waals surface area contributed by atoms with E-state index in [2.05, 4.69) is 15.7 Å². The van der Waals surface area contributed by atoms with E-state index in [1.807, 2.05) is 44.2 Å². The molecule has 2 amide bonds. The number of carbonyl (C=O) groups excluding carboxylic acids is 3. The van der Waals surface area contributed by atoms with Crippen LogP contribution in [-0.4, -0.2) is 40.2 Å². The highest BCUT2D eigenvalue weighted by Crippen LogP contribution is 2.11. The van der Waals surface area contributed by atoms with Crippen molar-refractivity contribution in [2.45, 2.75) is 59.2 Å². The SMILES string of the molecule is CC(C)CC[C@H](NC(=O)CNC(=O)OCc1ccccc1)C(=O)c1nn(C(C)C)c(=O)o1. The molecule has 1 heterocycles. The zero-order chi connectivity index (χ0) is 23.7. The molecule has 1 aromatic carbocycles. The van der Waals surface area contributed by atoms with Gasteiger partial charge in [0.15, 0.2) is 0 Å². The number of ketones is 1. The lowest BCUT2D eigenvalue weighted by Crippen LogP contribution is -2.46. The minimum atomic E-state index is -0.939. The maximum atomic E-state index is 12.8. The summed E-state index contributed by atoms with van der Waals surface area (Å²) < 4.78 is 11.1. The molecule has 174 valence electrons. The number of carbonyl (C=O) groups is 3. The van der Waals surface area contributed by atoms with E-state index in [4.69, 9.17) is 9.15 Å². The molecule has 0 saturated carbocycles. The fourth-order valence-corrected chi connectivity index (χ4v) is 2.80. The Morgan fingerprint density at radius 1 is 1.09 bits per heavy atom. The zero-order valence-corrected chi connectivity index (χ0v) is 18.8. The standard InChI is InChI=1S/C22H30N4O6/c1-14(2)10-11-17(19(28)20-25-26(15(3)4)22(30)32-20)24-18(27)12-23-21(29)31-13-16-8-6-5-7-9-16/h5-9,14-15,17H,10-13H2,1-4H3,(H,23,29)(H,24,27)/t17-/m0/s1. The molecule has 0 bridgehead atoms. The van der Waals surface area contributed by atoms with Gasteiger partial charge in [-0.2, -0.15) is 4.68 Å². The van der Waals surface area contributed by atoms with E-state index in [1.54, 1.807) is 13.8 Å². The number of nitrogens with one attached hydrogen (secondary N) is 2. The smallest absolute Gasteiger partial charge is 0.437 e. The number of hydrogen-bond donors (Lipinski definition) is 2. The zero-order valence-electron chi connectivity index (χ0n) is 18.8. The highest BCUT2D eigenvalue weighted by atomic mass is 16.5. The fourth-order valence-electron chi connectivity index (χ4n) is 2.80. The predicted octanol–water partition coefficient (Wildman–Crippen LogP) is 2.45. The highest BCUT2D eigenvalue weighted by molar-refractivity contribution is 5.98. The van der Waals surface area contributed by atoms with Gasteiger partial charge in [-0.1, -0.05) is 44.2 Å². The molecule has 0 fully saturated rings. The van der Waals surface area contributed by atoms with E-state index in [1.165, 1.54) is 0 Å². The van der Waals surface area contributed by atoms with Crippen molar-refractivity contribution in [3.05, 3.63) is 52.3 Å². The topological polar surface area (TPSA) is 133 Å². The monoisotopic (exact) mass is 446 g/mol. The Balaban J connectivity index is 1.94. The van der Waals surface area contributed by atoms with Crippen LogP contribution in [0, 0.1) is 5.92 Å². The second-order valence-corrected chi connectivity index (χ2v) is 8.08. The van der Waals surface area contributed by atoms with Gasteiger partial charge in [0.1, 0.15) is 13.2 Å². The number of rotatable bonds is 11. The molecule has 32 heavy (non-hydrogen) atoms. The van der Waals surface area contributed by atoms with Gasteiger partial charge in [-0.25, -0.2) is 9.59 Å². The van der Waals surface area contributed by atoms with E-state index >= 15 is 0 Å². The van der Waals surface area contributed by atoms with Gasteiger partial charge < -0.3 is 19.8 Å². The van der Waals surface area contributed by atoms with E-state index in [0.29, 0.717) is 12.8 Å². The molecule has 2 N–H and O–H groups in total. The maximum Gasteiger partial charge on any atom is 0.437 e. The van der Waals surface area contributed by atoms with Crippen LogP contribution in [0.3, 0.4) is 0 Å². The molecule has 0 aliphatic carbocycles. The summed E-state index contributed by atoms with van der Waals surface area (Å²) in [5, 5.41) is 8.88. The summed E-state index contributed by atoms with van der Waals surface area (Å²) in [5.41, 5.74) is 0.814. The Kier molecular flexibility index (Phi) is 9.18. The fraction of sp³-hybridized carbons (Fsp3) is 0.500. The summed E-state index contributed by atoms with van der Waals surface area (Å²) in [4.78, 5) is 48.9. The molecule has 0 unspecified atom stereocenters. The van der Waals surface area contributed by atoms with Gasteiger partial charge in [-0.15, -0.1) is 5.10 Å². The quantitative estimate of drug-likeness (QED) is 0.507. The van der Waals surface area contributed by atoms with Gasteiger partial charge in [-0.3, -0.25) is 9.59 Å². The van der Waals surface area contributed by atoms with Crippen LogP contribution in [0.5, 0.6) is 0 Å². The van der Waals surface area contributed by atoms with Crippen molar-refractivity contribution < 1.29 is 23.5 Å². The van der Waals surface area contributed by atoms with E-state index in [-0.39, 0.29) is 31.0 Å². The first-order valence-electron chi connectivity index (χ1n) is 10.5. The maximum absolute atomic E-state index is 12.8. The van der Waals surface area contributed by atoms with Crippen LogP contribution in [0.2, 0.25) is 0 Å². The Hall–Kier alpha value is -3.43. The molecule has 1 aromatic heterocycles. The number of amides is 2. The molecule has 2 aromatic rings. The molecule has 2 rings (SSSR count). The first-order valence-corrected chi connectivity index (χ1v) is 10.5. The van der Waals surface area contributed by atoms with Gasteiger partial charge in [0.2, 0.25) is 11.7 Å². The number of Topliss-reactive ketones (excluding diaryl/α,β-unsaturated/α-hetero) is 1. The van der Waals surface area contributed by atoms with Gasteiger partial charge in [0, 0.05) is 0 Å². The molecule has 1 atom stereocenters. The lowest BCUT2D eigenvalue weighted by Gasteiger charge is -2.17. The number of benzene rings is 1. The summed E-state index contributed by atoms with van der Waals surface area (Å²) in [5.74, 6) is -1.97. The summed E-state index contributed by atoms with van der Waals surface area (Å²) >= 11 is 0. The Morgan fingerprint density at radius 3 is 2.38 bits per heavy atom. The highest BCUT2D eigenvalue weighted by Gasteiger charge is 2.28. The average Bonchev–Trinajstić information content (AvgIpc) is 3.15. The van der Waals surface area contributed by atoms with Crippen molar-refractivity contribution in [3.8, 4) is 0 Å². The van der Waals surface area contributed by atoms with Crippen LogP contribution in [0.4, 0.5) is 4.79 Å². The minimum Gasteiger partial charge on any atom is -0.445 e. The molecule has 0 saturated heterocycles. The van der Waals surface area contributed by atoms with Gasteiger partial charge in [0.25, 0.3) is 5.89 Å². The van der Waals surface area contributed by atoms with Crippen molar-refractivity contribution in [2.24, 2.45) is 5.92 Å². The molecule has 10 nitrogen and oxygen atoms in total. The average molecular weight is 447 g/mol. The van der Waals surface area contributed by atoms with Crippen molar-refractivity contribution >= 4 is 17.8 Å². The second kappa shape index (κ2) is 11.8. The molecular weight excluding hydrogens is 416 g/mol. The molecule has 10 heteroatoms. The third-order valence-corrected chi connectivity index (χ3v) is 4.56. The van der Waals surface area contributed by atoms with Crippen LogP contribution in [0.25, 0.3) is 0 Å². The Labute approximate surface area is 186 Å². The van der Waals surface area contributed by atoms with Crippen LogP contribution >= 0.6 is 0 Å². The molecule has 0 aliphatic rings. The number of ether oxygens (including phenoxy) is 1. The third-order valence-electron chi connectivity index (χ3n) is 4.56. The van der Waals surface area contributed by atoms with E-state index in [9.17, 15) is 19.2 Å². The molecule has 0 aliphatic heterocycles. The summed E-state index contributed by atoms with van der Waals surface area (Å²) in [6, 6.07) is 7.90. The summed E-state index contributed by atoms with van der Waals surface area (Å²) in [6.07, 6.45) is 0.229. The number of alkyl carbamates (subject to hydrolysis) is 1. The van der Waals surface area contributed by atoms with Crippen molar-refractivity contribution in [1.29, 1.82) is 0 Å². The van der Waals surface area contributed by atoms with Crippen LogP contribution in [0.15, 0.2) is 39.5 Å². The van der Waals surface area contributed by atoms with E-state index in [0.717, 1.165) is 10.2 Å². The lowest BCUT2D eigenvalue weighted by atomic mass is 10.0. The van der Waals surface area contributed by atoms with Gasteiger partial charge in [0.05, 0.1) is 12.1 Å². The molecular formula is C22H30N4O6. The number of aromatic nitrogens is 2. The minimum absolute atomic E-state index is 0.0708. The van der Waals surface area contributed by atoms with Crippen molar-refractivity contribution in [3.63, 3.8) is 0 Å². The number of nitrogens with zero attached hydrogens (tertiary/aromatic N) is 2. The van der Waals surface area contributed by atoms with E-state index < -0.39 is 29.6 Å². The second-order valence-electron chi connectivity index (χ2n) is 8.08. The van der Waals surface area contributed by atoms with Crippen molar-refractivity contribution in [1.82, 2.24) is 20.4 Å². The first kappa shape index (κ1) is 24.8. The van der Waals surface area contributed by atoms with Crippen molar-refractivity contribution in [2.75, 3.05) is 6.54 Å². The van der Waals surface area contributed by atoms with Gasteiger partial charge >= 0.3 is 11.8 Å². The van der Waals surface area contributed by atoms with Crippen LogP contribution in [0.1, 0.15) is 62.8 Å². The lowest BCUT2D eigenvalue weighted by molar-refractivity contribution is -0.120. The molecule has 0 radical (unpaired) electrons. The van der Waals surface area contributed by atoms with Gasteiger partial charge in [-0.05, 0) is 38.2 Å². The number of hydrogen-bond acceptors (Lipinski definition) is 7. The predicted molar refractivity (Wildman–Crippen MR) is 116 cm³/mol. The summed E-state index contributed by atoms with van der Waals surface area (Å²) in [7, 11) is 0. The Bertz CT molecular complexity index is 964. The first-order chi connectivity index (χ1) is 15.2. The van der Waals surface area contributed by atoms with Crippen LogP contribution in [-0.2, 0) is 16.1 Å².